The lowest BCUT2D eigenvalue weighted by Crippen LogP contribution is -2.47. The molecule has 2 fully saturated rings. The van der Waals surface area contributed by atoms with Gasteiger partial charge in [0.1, 0.15) is 11.7 Å². The van der Waals surface area contributed by atoms with Crippen LogP contribution >= 0.6 is 0 Å². The molecule has 3 rings (SSSR count). The summed E-state index contributed by atoms with van der Waals surface area (Å²) >= 11 is 0. The standard InChI is InChI=1S/C16H21NO4/c18-13-11-21-15-16(13,20)10-14(19)17(15)9-5-4-8-12-6-2-1-3-7-12/h1-3,6-7,13,15,18,20H,4-5,8-11H2/t13-,15+,16+/m1/s1. The first-order chi connectivity index (χ1) is 10.1. The van der Waals surface area contributed by atoms with Crippen LogP contribution in [0.25, 0.3) is 0 Å². The molecule has 2 N–H and O–H groups in total. The summed E-state index contributed by atoms with van der Waals surface area (Å²) < 4.78 is 5.40. The average molecular weight is 291 g/mol. The lowest BCUT2D eigenvalue weighted by atomic mass is 9.97. The Morgan fingerprint density at radius 2 is 2.05 bits per heavy atom. The maximum atomic E-state index is 12.0. The molecule has 5 heteroatoms. The summed E-state index contributed by atoms with van der Waals surface area (Å²) in [6, 6.07) is 10.2. The number of benzene rings is 1. The fourth-order valence-electron chi connectivity index (χ4n) is 3.17. The van der Waals surface area contributed by atoms with Gasteiger partial charge in [-0.15, -0.1) is 0 Å². The van der Waals surface area contributed by atoms with E-state index >= 15 is 0 Å². The monoisotopic (exact) mass is 291 g/mol. The lowest BCUT2D eigenvalue weighted by Gasteiger charge is -2.27. The number of likely N-dealkylation sites (tertiary alicyclic amines) is 1. The number of aliphatic hydroxyl groups excluding tert-OH is 1. The highest BCUT2D eigenvalue weighted by Crippen LogP contribution is 2.38. The SMILES string of the molecule is O=C1C[C@]2(O)[C@H](O)CO[C@@H]2N1CCCCc1ccccc1. The minimum Gasteiger partial charge on any atom is -0.387 e. The fourth-order valence-corrected chi connectivity index (χ4v) is 3.17. The molecular formula is C16H21NO4. The van der Waals surface area contributed by atoms with Gasteiger partial charge in [-0.1, -0.05) is 30.3 Å². The van der Waals surface area contributed by atoms with Gasteiger partial charge in [0.25, 0.3) is 0 Å². The van der Waals surface area contributed by atoms with E-state index < -0.39 is 17.9 Å². The number of ether oxygens (including phenoxy) is 1. The van der Waals surface area contributed by atoms with Gasteiger partial charge < -0.3 is 19.8 Å². The van der Waals surface area contributed by atoms with Crippen LogP contribution in [0.5, 0.6) is 0 Å². The van der Waals surface area contributed by atoms with Gasteiger partial charge in [0, 0.05) is 6.54 Å². The van der Waals surface area contributed by atoms with Crippen molar-refractivity contribution in [2.24, 2.45) is 0 Å². The molecule has 0 aliphatic carbocycles. The Balaban J connectivity index is 1.51. The van der Waals surface area contributed by atoms with Gasteiger partial charge in [-0.3, -0.25) is 4.79 Å². The Kier molecular flexibility index (Phi) is 3.97. The van der Waals surface area contributed by atoms with Crippen molar-refractivity contribution < 1.29 is 19.7 Å². The smallest absolute Gasteiger partial charge is 0.227 e. The number of amides is 1. The third-order valence-corrected chi connectivity index (χ3v) is 4.41. The third-order valence-electron chi connectivity index (χ3n) is 4.41. The second kappa shape index (κ2) is 5.75. The molecule has 1 amide bonds. The number of rotatable bonds is 5. The van der Waals surface area contributed by atoms with E-state index in [2.05, 4.69) is 12.1 Å². The summed E-state index contributed by atoms with van der Waals surface area (Å²) in [6.45, 7) is 0.653. The molecule has 2 heterocycles. The van der Waals surface area contributed by atoms with Gasteiger partial charge in [-0.25, -0.2) is 0 Å². The molecule has 0 spiro atoms. The Hall–Kier alpha value is -1.43. The number of unbranched alkanes of at least 4 members (excludes halogenated alkanes) is 1. The van der Waals surface area contributed by atoms with Crippen molar-refractivity contribution in [3.63, 3.8) is 0 Å². The zero-order valence-corrected chi connectivity index (χ0v) is 11.9. The summed E-state index contributed by atoms with van der Waals surface area (Å²) in [4.78, 5) is 13.5. The van der Waals surface area contributed by atoms with Crippen LogP contribution in [0.2, 0.25) is 0 Å². The van der Waals surface area contributed by atoms with Crippen LogP contribution in [0.15, 0.2) is 30.3 Å². The number of carbonyl (C=O) groups is 1. The van der Waals surface area contributed by atoms with Crippen molar-refractivity contribution in [2.45, 2.75) is 43.6 Å². The van der Waals surface area contributed by atoms with E-state index in [9.17, 15) is 15.0 Å². The number of hydrogen-bond donors (Lipinski definition) is 2. The molecule has 114 valence electrons. The first kappa shape index (κ1) is 14.5. The van der Waals surface area contributed by atoms with Crippen LogP contribution < -0.4 is 0 Å². The van der Waals surface area contributed by atoms with Crippen LogP contribution in [-0.2, 0) is 16.0 Å². The largest absolute Gasteiger partial charge is 0.387 e. The molecule has 0 saturated carbocycles. The quantitative estimate of drug-likeness (QED) is 0.783. The van der Waals surface area contributed by atoms with Gasteiger partial charge in [-0.2, -0.15) is 0 Å². The van der Waals surface area contributed by atoms with E-state index in [0.29, 0.717) is 6.54 Å². The van der Waals surface area contributed by atoms with E-state index in [-0.39, 0.29) is 18.9 Å². The molecule has 3 atom stereocenters. The maximum absolute atomic E-state index is 12.0. The van der Waals surface area contributed by atoms with Crippen LogP contribution in [0.1, 0.15) is 24.8 Å². The first-order valence-electron chi connectivity index (χ1n) is 7.47. The second-order valence-electron chi connectivity index (χ2n) is 5.90. The van der Waals surface area contributed by atoms with E-state index in [0.717, 1.165) is 19.3 Å². The van der Waals surface area contributed by atoms with Gasteiger partial charge in [0.2, 0.25) is 5.91 Å². The molecule has 5 nitrogen and oxygen atoms in total. The molecule has 0 bridgehead atoms. The van der Waals surface area contributed by atoms with E-state index in [1.807, 2.05) is 18.2 Å². The zero-order valence-electron chi connectivity index (χ0n) is 11.9. The fraction of sp³-hybridized carbons (Fsp3) is 0.562. The Morgan fingerprint density at radius 3 is 2.81 bits per heavy atom. The molecule has 2 aliphatic heterocycles. The number of nitrogens with zero attached hydrogens (tertiary/aromatic N) is 1. The minimum absolute atomic E-state index is 0.0441. The van der Waals surface area contributed by atoms with Crippen molar-refractivity contribution in [3.05, 3.63) is 35.9 Å². The number of aliphatic hydroxyl groups is 2. The van der Waals surface area contributed by atoms with Gasteiger partial charge >= 0.3 is 0 Å². The molecule has 0 unspecified atom stereocenters. The molecule has 1 aromatic carbocycles. The van der Waals surface area contributed by atoms with Crippen molar-refractivity contribution in [2.75, 3.05) is 13.2 Å². The van der Waals surface area contributed by atoms with Gasteiger partial charge in [0.05, 0.1) is 13.0 Å². The minimum atomic E-state index is -1.42. The molecule has 2 saturated heterocycles. The van der Waals surface area contributed by atoms with Crippen molar-refractivity contribution in [1.82, 2.24) is 4.90 Å². The molecular weight excluding hydrogens is 270 g/mol. The Morgan fingerprint density at radius 1 is 1.29 bits per heavy atom. The molecule has 21 heavy (non-hydrogen) atoms. The summed E-state index contributed by atoms with van der Waals surface area (Å²) in [5.41, 5.74) is -0.134. The number of fused-ring (bicyclic) bond motifs is 1. The van der Waals surface area contributed by atoms with E-state index in [1.165, 1.54) is 5.56 Å². The Labute approximate surface area is 124 Å². The number of carbonyl (C=O) groups excluding carboxylic acids is 1. The molecule has 1 aromatic rings. The van der Waals surface area contributed by atoms with E-state index in [4.69, 9.17) is 4.74 Å². The number of aryl methyl sites for hydroxylation is 1. The van der Waals surface area contributed by atoms with Crippen LogP contribution in [0.4, 0.5) is 0 Å². The topological polar surface area (TPSA) is 70.0 Å². The lowest BCUT2D eigenvalue weighted by molar-refractivity contribution is -0.136. The van der Waals surface area contributed by atoms with Gasteiger partial charge in [-0.05, 0) is 24.8 Å². The predicted octanol–water partition coefficient (Wildman–Crippen LogP) is 0.690. The highest BCUT2D eigenvalue weighted by Gasteiger charge is 2.59. The number of hydrogen-bond acceptors (Lipinski definition) is 4. The van der Waals surface area contributed by atoms with Crippen molar-refractivity contribution in [3.8, 4) is 0 Å². The molecule has 0 radical (unpaired) electrons. The zero-order chi connectivity index (χ0) is 14.9. The predicted molar refractivity (Wildman–Crippen MR) is 76.4 cm³/mol. The van der Waals surface area contributed by atoms with Crippen molar-refractivity contribution in [1.29, 1.82) is 0 Å². The summed E-state index contributed by atoms with van der Waals surface area (Å²) in [7, 11) is 0. The normalized spacial score (nSPS) is 31.7. The molecule has 2 aliphatic rings. The van der Waals surface area contributed by atoms with Crippen molar-refractivity contribution >= 4 is 5.91 Å². The third kappa shape index (κ3) is 2.69. The van der Waals surface area contributed by atoms with Crippen LogP contribution in [0.3, 0.4) is 0 Å². The average Bonchev–Trinajstić information content (AvgIpc) is 2.89. The maximum Gasteiger partial charge on any atom is 0.227 e. The van der Waals surface area contributed by atoms with Gasteiger partial charge in [0.15, 0.2) is 6.23 Å². The van der Waals surface area contributed by atoms with E-state index in [1.54, 1.807) is 4.90 Å². The van der Waals surface area contributed by atoms with Crippen LogP contribution in [0, 0.1) is 0 Å². The Bertz CT molecular complexity index is 506. The highest BCUT2D eigenvalue weighted by molar-refractivity contribution is 5.81. The van der Waals surface area contributed by atoms with Crippen LogP contribution in [-0.4, -0.2) is 52.1 Å². The molecule has 0 aromatic heterocycles. The summed E-state index contributed by atoms with van der Waals surface area (Å²) in [5.74, 6) is -0.138. The first-order valence-corrected chi connectivity index (χ1v) is 7.47. The highest BCUT2D eigenvalue weighted by atomic mass is 16.6. The summed E-state index contributed by atoms with van der Waals surface area (Å²) in [5, 5.41) is 20.1. The second-order valence-corrected chi connectivity index (χ2v) is 5.90. The summed E-state index contributed by atoms with van der Waals surface area (Å²) in [6.07, 6.45) is 1.10.